The summed E-state index contributed by atoms with van der Waals surface area (Å²) in [5.74, 6) is -1.33. The highest BCUT2D eigenvalue weighted by molar-refractivity contribution is 5.92. The summed E-state index contributed by atoms with van der Waals surface area (Å²) < 4.78 is 5.19. The molecule has 0 bridgehead atoms. The molecule has 0 spiro atoms. The first-order valence-electron chi connectivity index (χ1n) is 11.2. The van der Waals surface area contributed by atoms with Gasteiger partial charge >= 0.3 is 12.1 Å². The molecule has 2 atom stereocenters. The third-order valence-corrected chi connectivity index (χ3v) is 5.30. The largest absolute Gasteiger partial charge is 0.478 e. The lowest BCUT2D eigenvalue weighted by molar-refractivity contribution is -0.151. The van der Waals surface area contributed by atoms with Gasteiger partial charge in [0.05, 0.1) is 6.54 Å². The lowest BCUT2D eigenvalue weighted by Gasteiger charge is -2.31. The van der Waals surface area contributed by atoms with E-state index in [1.807, 2.05) is 6.07 Å². The molecule has 3 rings (SSSR count). The van der Waals surface area contributed by atoms with Crippen molar-refractivity contribution in [2.24, 2.45) is 10.1 Å². The summed E-state index contributed by atoms with van der Waals surface area (Å²) in [6.07, 6.45) is 1.52. The Kier molecular flexibility index (Phi) is 9.06. The summed E-state index contributed by atoms with van der Waals surface area (Å²) >= 11 is 0. The van der Waals surface area contributed by atoms with Gasteiger partial charge in [0.2, 0.25) is 11.8 Å². The molecule has 2 heterocycles. The van der Waals surface area contributed by atoms with Crippen molar-refractivity contribution in [1.82, 2.24) is 21.3 Å². The maximum Gasteiger partial charge on any atom is 0.409 e. The van der Waals surface area contributed by atoms with Crippen molar-refractivity contribution in [3.05, 3.63) is 35.9 Å². The van der Waals surface area contributed by atoms with Gasteiger partial charge in [-0.25, -0.2) is 9.59 Å². The van der Waals surface area contributed by atoms with E-state index in [2.05, 4.69) is 31.4 Å². The Morgan fingerprint density at radius 2 is 2.00 bits per heavy atom. The first-order valence-corrected chi connectivity index (χ1v) is 11.2. The molecule has 12 nitrogen and oxygen atoms in total. The third-order valence-electron chi connectivity index (χ3n) is 5.30. The maximum absolute atomic E-state index is 12.6. The van der Waals surface area contributed by atoms with Gasteiger partial charge in [-0.1, -0.05) is 41.9 Å². The molecular weight excluding hydrogens is 444 g/mol. The average molecular weight is 475 g/mol. The normalized spacial score (nSPS) is 18.1. The van der Waals surface area contributed by atoms with Crippen molar-refractivity contribution >= 4 is 30.1 Å². The number of oxime groups is 1. The summed E-state index contributed by atoms with van der Waals surface area (Å²) in [5.41, 5.74) is -1.31. The van der Waals surface area contributed by atoms with E-state index in [0.29, 0.717) is 19.4 Å². The smallest absolute Gasteiger partial charge is 0.409 e. The summed E-state index contributed by atoms with van der Waals surface area (Å²) in [7, 11) is 0. The second kappa shape index (κ2) is 12.4. The van der Waals surface area contributed by atoms with Crippen LogP contribution in [0.15, 0.2) is 40.5 Å². The van der Waals surface area contributed by atoms with E-state index in [-0.39, 0.29) is 19.4 Å². The SMILES string of the molecule is O=C(NC(CCCCCNC1=NCCN1)(NC(=O)C1CC=NO1)C(=O)O)OCc1ccccc1. The van der Waals surface area contributed by atoms with Crippen LogP contribution in [-0.2, 0) is 25.8 Å². The van der Waals surface area contributed by atoms with Gasteiger partial charge in [0.25, 0.3) is 5.91 Å². The number of aliphatic imine (C=N–C) groups is 1. The van der Waals surface area contributed by atoms with Crippen LogP contribution >= 0.6 is 0 Å². The molecule has 2 aliphatic rings. The Bertz CT molecular complexity index is 900. The van der Waals surface area contributed by atoms with Crippen LogP contribution < -0.4 is 21.3 Å². The number of unbranched alkanes of at least 4 members (excludes halogenated alkanes) is 2. The molecule has 184 valence electrons. The van der Waals surface area contributed by atoms with Crippen molar-refractivity contribution in [2.75, 3.05) is 19.6 Å². The summed E-state index contributed by atoms with van der Waals surface area (Å²) in [6, 6.07) is 8.98. The minimum absolute atomic E-state index is 0.0404. The highest BCUT2D eigenvalue weighted by Gasteiger charge is 2.43. The van der Waals surface area contributed by atoms with Gasteiger partial charge in [-0.3, -0.25) is 15.1 Å². The number of nitrogens with one attached hydrogen (secondary N) is 4. The number of amides is 2. The fourth-order valence-electron chi connectivity index (χ4n) is 3.46. The lowest BCUT2D eigenvalue weighted by Crippen LogP contribution is -2.66. The van der Waals surface area contributed by atoms with Gasteiger partial charge in [-0.15, -0.1) is 0 Å². The van der Waals surface area contributed by atoms with Crippen molar-refractivity contribution in [3.8, 4) is 0 Å². The molecule has 0 aromatic heterocycles. The highest BCUT2D eigenvalue weighted by Crippen LogP contribution is 2.16. The quantitative estimate of drug-likeness (QED) is 0.218. The number of ether oxygens (including phenoxy) is 1. The van der Waals surface area contributed by atoms with Crippen LogP contribution in [-0.4, -0.2) is 66.7 Å². The van der Waals surface area contributed by atoms with Gasteiger partial charge in [0.1, 0.15) is 6.61 Å². The Balaban J connectivity index is 1.57. The molecule has 2 unspecified atom stereocenters. The first kappa shape index (κ1) is 24.8. The van der Waals surface area contributed by atoms with Crippen molar-refractivity contribution in [2.45, 2.75) is 50.5 Å². The van der Waals surface area contributed by atoms with Crippen LogP contribution in [0.25, 0.3) is 0 Å². The molecule has 0 radical (unpaired) electrons. The van der Waals surface area contributed by atoms with E-state index in [1.165, 1.54) is 6.21 Å². The fraction of sp³-hybridized carbons (Fsp3) is 0.500. The number of benzene rings is 1. The van der Waals surface area contributed by atoms with Crippen LogP contribution in [0.1, 0.15) is 37.7 Å². The summed E-state index contributed by atoms with van der Waals surface area (Å²) in [4.78, 5) is 46.6. The van der Waals surface area contributed by atoms with Crippen molar-refractivity contribution in [1.29, 1.82) is 0 Å². The highest BCUT2D eigenvalue weighted by atomic mass is 16.6. The Morgan fingerprint density at radius 3 is 2.68 bits per heavy atom. The van der Waals surface area contributed by atoms with Crippen molar-refractivity contribution < 1.29 is 29.1 Å². The molecule has 12 heteroatoms. The molecule has 0 fully saturated rings. The second-order valence-electron chi connectivity index (χ2n) is 7.90. The predicted octanol–water partition coefficient (Wildman–Crippen LogP) is 0.694. The Morgan fingerprint density at radius 1 is 1.18 bits per heavy atom. The molecule has 2 amide bonds. The minimum Gasteiger partial charge on any atom is -0.478 e. The van der Waals surface area contributed by atoms with Gasteiger partial charge in [0.15, 0.2) is 5.96 Å². The fourth-order valence-corrected chi connectivity index (χ4v) is 3.46. The molecule has 0 saturated heterocycles. The van der Waals surface area contributed by atoms with E-state index >= 15 is 0 Å². The van der Waals surface area contributed by atoms with Crippen LogP contribution in [0, 0.1) is 0 Å². The zero-order chi connectivity index (χ0) is 24.2. The summed E-state index contributed by atoms with van der Waals surface area (Å²) in [5, 5.41) is 24.6. The monoisotopic (exact) mass is 474 g/mol. The second-order valence-corrected chi connectivity index (χ2v) is 7.90. The van der Waals surface area contributed by atoms with Crippen LogP contribution in [0.3, 0.4) is 0 Å². The number of carbonyl (C=O) groups excluding carboxylic acids is 2. The van der Waals surface area contributed by atoms with Gasteiger partial charge in [-0.2, -0.15) is 0 Å². The van der Waals surface area contributed by atoms with Crippen LogP contribution in [0.4, 0.5) is 4.79 Å². The number of carboxylic acids is 1. The number of carbonyl (C=O) groups is 3. The van der Waals surface area contributed by atoms with E-state index < -0.39 is 29.7 Å². The molecule has 0 saturated carbocycles. The molecule has 5 N–H and O–H groups in total. The zero-order valence-corrected chi connectivity index (χ0v) is 18.8. The topological polar surface area (TPSA) is 163 Å². The molecule has 1 aromatic carbocycles. The molecule has 34 heavy (non-hydrogen) atoms. The number of guanidine groups is 1. The number of hydrogen-bond donors (Lipinski definition) is 5. The van der Waals surface area contributed by atoms with Gasteiger partial charge in [0, 0.05) is 32.1 Å². The number of hydrogen-bond acceptors (Lipinski definition) is 9. The third kappa shape index (κ3) is 7.36. The van der Waals surface area contributed by atoms with E-state index in [1.54, 1.807) is 24.3 Å². The number of nitrogens with zero attached hydrogens (tertiary/aromatic N) is 2. The lowest BCUT2D eigenvalue weighted by atomic mass is 10.0. The maximum atomic E-state index is 12.6. The van der Waals surface area contributed by atoms with Gasteiger partial charge < -0.3 is 30.6 Å². The number of rotatable bonds is 12. The first-order chi connectivity index (χ1) is 16.5. The van der Waals surface area contributed by atoms with Crippen LogP contribution in [0.5, 0.6) is 0 Å². The summed E-state index contributed by atoms with van der Waals surface area (Å²) in [6.45, 7) is 2.17. The van der Waals surface area contributed by atoms with Crippen molar-refractivity contribution in [3.63, 3.8) is 0 Å². The standard InChI is InChI=1S/C22H30N6O6/c29-18(17-9-12-26-34-17)27-22(19(30)31,10-5-2-6-11-23-20-24-13-14-25-20)28-21(32)33-15-16-7-3-1-4-8-16/h1,3-4,7-8,12,17H,2,5-6,9-11,13-15H2,(H,27,29)(H,28,32)(H,30,31)(H2,23,24,25). The Hall–Kier alpha value is -3.83. The van der Waals surface area contributed by atoms with Crippen LogP contribution in [0.2, 0.25) is 0 Å². The van der Waals surface area contributed by atoms with E-state index in [4.69, 9.17) is 9.57 Å². The van der Waals surface area contributed by atoms with E-state index in [9.17, 15) is 19.5 Å². The number of alkyl carbamates (subject to hydrolysis) is 1. The zero-order valence-electron chi connectivity index (χ0n) is 18.8. The van der Waals surface area contributed by atoms with Gasteiger partial charge in [-0.05, 0) is 18.4 Å². The number of aliphatic carboxylic acids is 1. The minimum atomic E-state index is -2.05. The Labute approximate surface area is 197 Å². The molecule has 2 aliphatic heterocycles. The van der Waals surface area contributed by atoms with E-state index in [0.717, 1.165) is 31.0 Å². The molecule has 0 aliphatic carbocycles. The average Bonchev–Trinajstić information content (AvgIpc) is 3.55. The number of carboxylic acid groups (broad SMARTS) is 1. The molecule has 1 aromatic rings. The predicted molar refractivity (Wildman–Crippen MR) is 123 cm³/mol. The molecular formula is C22H30N6O6.